The molecule has 0 amide bonds. The number of aliphatic hydroxyl groups is 1. The van der Waals surface area contributed by atoms with Gasteiger partial charge in [0.25, 0.3) is 0 Å². The van der Waals surface area contributed by atoms with Crippen LogP contribution in [0.4, 0.5) is 0 Å². The summed E-state index contributed by atoms with van der Waals surface area (Å²) >= 11 is 5.74. The molecule has 1 N–H and O–H groups in total. The predicted octanol–water partition coefficient (Wildman–Crippen LogP) is 1.50. The number of aromatic nitrogens is 2. The van der Waals surface area contributed by atoms with Crippen molar-refractivity contribution in [1.29, 1.82) is 0 Å². The molecular formula is C11H13ClN2O2. The normalized spacial score (nSPS) is 19.8. The zero-order valence-corrected chi connectivity index (χ0v) is 9.57. The molecule has 0 aliphatic heterocycles. The first-order valence-electron chi connectivity index (χ1n) is 5.28. The Morgan fingerprint density at radius 1 is 1.44 bits per heavy atom. The van der Waals surface area contributed by atoms with Gasteiger partial charge in [0.05, 0.1) is 12.3 Å². The van der Waals surface area contributed by atoms with Gasteiger partial charge in [0, 0.05) is 24.5 Å². The average molecular weight is 241 g/mol. The smallest absolute Gasteiger partial charge is 0.222 e. The number of carbonyl (C=O) groups is 1. The van der Waals surface area contributed by atoms with E-state index in [0.29, 0.717) is 25.7 Å². The monoisotopic (exact) mass is 240 g/mol. The first kappa shape index (κ1) is 11.5. The quantitative estimate of drug-likeness (QED) is 0.796. The second-order valence-electron chi connectivity index (χ2n) is 4.19. The van der Waals surface area contributed by atoms with E-state index in [0.717, 1.165) is 5.69 Å². The van der Waals surface area contributed by atoms with Crippen molar-refractivity contribution in [3.05, 3.63) is 23.2 Å². The minimum absolute atomic E-state index is 0.00633. The fourth-order valence-electron chi connectivity index (χ4n) is 2.13. The number of ketones is 1. The number of hydrogen-bond donors (Lipinski definition) is 1. The first-order chi connectivity index (χ1) is 7.66. The Morgan fingerprint density at radius 3 is 2.69 bits per heavy atom. The van der Waals surface area contributed by atoms with Gasteiger partial charge < -0.3 is 5.11 Å². The molecule has 1 saturated carbocycles. The molecule has 0 bridgehead atoms. The molecule has 0 spiro atoms. The Labute approximate surface area is 98.7 Å². The lowest BCUT2D eigenvalue weighted by atomic mass is 9.72. The lowest BCUT2D eigenvalue weighted by Crippen LogP contribution is -2.36. The third kappa shape index (κ3) is 2.08. The largest absolute Gasteiger partial charge is 0.395 e. The van der Waals surface area contributed by atoms with Crippen LogP contribution < -0.4 is 0 Å². The van der Waals surface area contributed by atoms with Gasteiger partial charge in [0.1, 0.15) is 5.78 Å². The van der Waals surface area contributed by atoms with Gasteiger partial charge in [-0.15, -0.1) is 0 Å². The van der Waals surface area contributed by atoms with Gasteiger partial charge in [-0.05, 0) is 30.5 Å². The summed E-state index contributed by atoms with van der Waals surface area (Å²) in [5.41, 5.74) is 0.322. The maximum atomic E-state index is 11.2. The molecule has 1 fully saturated rings. The number of halogens is 1. The Bertz CT molecular complexity index is 399. The molecule has 4 nitrogen and oxygen atoms in total. The van der Waals surface area contributed by atoms with Crippen molar-refractivity contribution in [3.8, 4) is 0 Å². The zero-order chi connectivity index (χ0) is 11.6. The highest BCUT2D eigenvalue weighted by Gasteiger charge is 2.37. The molecule has 86 valence electrons. The minimum Gasteiger partial charge on any atom is -0.395 e. The predicted molar refractivity (Wildman–Crippen MR) is 59.3 cm³/mol. The summed E-state index contributed by atoms with van der Waals surface area (Å²) in [7, 11) is 0. The molecule has 0 atom stereocenters. The van der Waals surface area contributed by atoms with Crippen LogP contribution in [0.25, 0.3) is 0 Å². The molecule has 1 aromatic heterocycles. The lowest BCUT2D eigenvalue weighted by molar-refractivity contribution is -0.121. The first-order valence-corrected chi connectivity index (χ1v) is 5.66. The molecule has 0 radical (unpaired) electrons. The van der Waals surface area contributed by atoms with Gasteiger partial charge in [0.2, 0.25) is 5.28 Å². The SMILES string of the molecule is O=C1CCC(CO)(c2ccnc(Cl)n2)CC1. The number of rotatable bonds is 2. The molecule has 2 rings (SSSR count). The molecular weight excluding hydrogens is 228 g/mol. The minimum atomic E-state index is -0.416. The fourth-order valence-corrected chi connectivity index (χ4v) is 2.28. The van der Waals surface area contributed by atoms with Crippen LogP contribution in [0.5, 0.6) is 0 Å². The summed E-state index contributed by atoms with van der Waals surface area (Å²) in [4.78, 5) is 19.2. The summed E-state index contributed by atoms with van der Waals surface area (Å²) in [6.07, 6.45) is 3.86. The molecule has 1 aromatic rings. The number of Topliss-reactive ketones (excluding diaryl/α,β-unsaturated/α-hetero) is 1. The summed E-state index contributed by atoms with van der Waals surface area (Å²) in [5, 5.41) is 9.74. The van der Waals surface area contributed by atoms with Gasteiger partial charge in [-0.25, -0.2) is 9.97 Å². The van der Waals surface area contributed by atoms with Crippen LogP contribution in [0.1, 0.15) is 31.4 Å². The van der Waals surface area contributed by atoms with E-state index < -0.39 is 5.41 Å². The van der Waals surface area contributed by atoms with E-state index >= 15 is 0 Å². The van der Waals surface area contributed by atoms with Crippen molar-refractivity contribution in [2.24, 2.45) is 0 Å². The van der Waals surface area contributed by atoms with Crippen molar-refractivity contribution in [1.82, 2.24) is 9.97 Å². The van der Waals surface area contributed by atoms with Gasteiger partial charge >= 0.3 is 0 Å². The van der Waals surface area contributed by atoms with Crippen molar-refractivity contribution >= 4 is 17.4 Å². The molecule has 1 heterocycles. The van der Waals surface area contributed by atoms with Gasteiger partial charge in [-0.1, -0.05) is 0 Å². The number of carbonyl (C=O) groups excluding carboxylic acids is 1. The van der Waals surface area contributed by atoms with E-state index in [9.17, 15) is 9.90 Å². The van der Waals surface area contributed by atoms with Crippen molar-refractivity contribution in [3.63, 3.8) is 0 Å². The highest BCUT2D eigenvalue weighted by Crippen LogP contribution is 2.36. The van der Waals surface area contributed by atoms with E-state index in [2.05, 4.69) is 9.97 Å². The highest BCUT2D eigenvalue weighted by atomic mass is 35.5. The lowest BCUT2D eigenvalue weighted by Gasteiger charge is -2.34. The third-order valence-electron chi connectivity index (χ3n) is 3.24. The zero-order valence-electron chi connectivity index (χ0n) is 8.82. The summed E-state index contributed by atoms with van der Waals surface area (Å²) in [5.74, 6) is 0.254. The summed E-state index contributed by atoms with van der Waals surface area (Å²) in [6, 6.07) is 1.76. The van der Waals surface area contributed by atoms with E-state index in [4.69, 9.17) is 11.6 Å². The van der Waals surface area contributed by atoms with Crippen molar-refractivity contribution < 1.29 is 9.90 Å². The Kier molecular flexibility index (Phi) is 3.21. The summed E-state index contributed by atoms with van der Waals surface area (Å²) in [6.45, 7) is -0.00633. The number of hydrogen-bond acceptors (Lipinski definition) is 4. The Balaban J connectivity index is 2.31. The van der Waals surface area contributed by atoms with Gasteiger partial charge in [-0.3, -0.25) is 4.79 Å². The molecule has 0 unspecified atom stereocenters. The van der Waals surface area contributed by atoms with Crippen LogP contribution in [0.15, 0.2) is 12.3 Å². The molecule has 16 heavy (non-hydrogen) atoms. The second kappa shape index (κ2) is 4.47. The van der Waals surface area contributed by atoms with Crippen LogP contribution in [0.3, 0.4) is 0 Å². The maximum absolute atomic E-state index is 11.2. The molecule has 0 saturated heterocycles. The van der Waals surface area contributed by atoms with E-state index in [-0.39, 0.29) is 17.7 Å². The van der Waals surface area contributed by atoms with Crippen LogP contribution in [-0.4, -0.2) is 27.5 Å². The number of nitrogens with zero attached hydrogens (tertiary/aromatic N) is 2. The maximum Gasteiger partial charge on any atom is 0.222 e. The van der Waals surface area contributed by atoms with Crippen LogP contribution in [0, 0.1) is 0 Å². The van der Waals surface area contributed by atoms with Crippen LogP contribution in [-0.2, 0) is 10.2 Å². The van der Waals surface area contributed by atoms with Crippen molar-refractivity contribution in [2.45, 2.75) is 31.1 Å². The third-order valence-corrected chi connectivity index (χ3v) is 3.42. The number of aliphatic hydroxyl groups excluding tert-OH is 1. The fraction of sp³-hybridized carbons (Fsp3) is 0.545. The Morgan fingerprint density at radius 2 is 2.12 bits per heavy atom. The van der Waals surface area contributed by atoms with E-state index in [1.807, 2.05) is 0 Å². The molecule has 1 aliphatic carbocycles. The topological polar surface area (TPSA) is 63.1 Å². The van der Waals surface area contributed by atoms with E-state index in [1.54, 1.807) is 12.3 Å². The molecule has 1 aliphatic rings. The van der Waals surface area contributed by atoms with Crippen LogP contribution in [0.2, 0.25) is 5.28 Å². The van der Waals surface area contributed by atoms with Gasteiger partial charge in [-0.2, -0.15) is 0 Å². The summed E-state index contributed by atoms with van der Waals surface area (Å²) < 4.78 is 0. The molecule has 5 heteroatoms. The molecule has 0 aromatic carbocycles. The second-order valence-corrected chi connectivity index (χ2v) is 4.53. The van der Waals surface area contributed by atoms with E-state index in [1.165, 1.54) is 0 Å². The van der Waals surface area contributed by atoms with Crippen LogP contribution >= 0.6 is 11.6 Å². The van der Waals surface area contributed by atoms with Gasteiger partial charge in [0.15, 0.2) is 0 Å². The standard InChI is InChI=1S/C11H13ClN2O2/c12-10-13-6-3-9(14-10)11(7-15)4-1-8(16)2-5-11/h3,6,15H,1-2,4-5,7H2. The highest BCUT2D eigenvalue weighted by molar-refractivity contribution is 6.28. The Hall–Kier alpha value is -1.000. The average Bonchev–Trinajstić information content (AvgIpc) is 2.31. The van der Waals surface area contributed by atoms with Crippen molar-refractivity contribution in [2.75, 3.05) is 6.61 Å².